The van der Waals surface area contributed by atoms with Crippen LogP contribution in [0.3, 0.4) is 0 Å². The normalized spacial score (nSPS) is 12.1. The third kappa shape index (κ3) is 4.41. The van der Waals surface area contributed by atoms with Gasteiger partial charge >= 0.3 is 0 Å². The van der Waals surface area contributed by atoms with Crippen molar-refractivity contribution in [2.45, 2.75) is 0 Å². The summed E-state index contributed by atoms with van der Waals surface area (Å²) in [6.07, 6.45) is 0. The van der Waals surface area contributed by atoms with E-state index in [1.807, 2.05) is 24.3 Å². The minimum Gasteiger partial charge on any atom is -0.306 e. The number of pyridine rings is 1. The molecule has 4 heteroatoms. The topological polar surface area (TPSA) is 43.2 Å². The van der Waals surface area contributed by atoms with Gasteiger partial charge in [-0.05, 0) is 82.6 Å². The van der Waals surface area contributed by atoms with Gasteiger partial charge in [0.15, 0.2) is 0 Å². The zero-order chi connectivity index (χ0) is 32.0. The first kappa shape index (κ1) is 27.6. The molecule has 7 aromatic carbocycles. The molecule has 0 N–H and O–H groups in total. The number of anilines is 6. The SMILES string of the molecule is N#Cc1ccc(-c2cc(-c3cccc4ccccc34)c3cccc(N4c5ccccc5N(c5ccccc5)c5ccccc54)c3n2)cc1. The summed E-state index contributed by atoms with van der Waals surface area (Å²) < 4.78 is 0. The van der Waals surface area contributed by atoms with Crippen LogP contribution in [0.25, 0.3) is 44.1 Å². The lowest BCUT2D eigenvalue weighted by atomic mass is 9.93. The number of hydrogen-bond acceptors (Lipinski definition) is 4. The minimum atomic E-state index is 0.624. The maximum atomic E-state index is 9.49. The predicted molar refractivity (Wildman–Crippen MR) is 198 cm³/mol. The first-order chi connectivity index (χ1) is 23.8. The van der Waals surface area contributed by atoms with E-state index in [4.69, 9.17) is 4.98 Å². The maximum absolute atomic E-state index is 9.49. The fourth-order valence-electron chi connectivity index (χ4n) is 7.02. The van der Waals surface area contributed by atoms with Gasteiger partial charge in [-0.3, -0.25) is 0 Å². The number of para-hydroxylation sites is 6. The van der Waals surface area contributed by atoms with Crippen LogP contribution >= 0.6 is 0 Å². The molecule has 224 valence electrons. The molecular weight excluding hydrogens is 585 g/mol. The predicted octanol–water partition coefficient (Wildman–Crippen LogP) is 11.8. The highest BCUT2D eigenvalue weighted by atomic mass is 15.3. The van der Waals surface area contributed by atoms with E-state index in [1.54, 1.807) is 0 Å². The number of fused-ring (bicyclic) bond motifs is 4. The third-order valence-corrected chi connectivity index (χ3v) is 9.19. The monoisotopic (exact) mass is 612 g/mol. The molecule has 0 spiro atoms. The summed E-state index contributed by atoms with van der Waals surface area (Å²) in [4.78, 5) is 10.1. The Morgan fingerprint density at radius 2 is 1.02 bits per heavy atom. The molecule has 0 radical (unpaired) electrons. The summed E-state index contributed by atoms with van der Waals surface area (Å²) in [7, 11) is 0. The van der Waals surface area contributed by atoms with E-state index in [-0.39, 0.29) is 0 Å². The van der Waals surface area contributed by atoms with E-state index in [2.05, 4.69) is 161 Å². The fraction of sp³-hybridized carbons (Fsp3) is 0. The minimum absolute atomic E-state index is 0.624. The standard InChI is InChI=1S/C44H28N4/c45-29-30-24-26-32(27-25-30)38-28-37(35-17-10-13-31-12-4-5-16-34(31)35)36-18-11-23-43(44(36)46-38)48-41-21-8-6-19-39(41)47(33-14-2-1-3-15-33)40-20-7-9-22-42(40)48/h1-28H. The Hall–Kier alpha value is -6.70. The number of rotatable bonds is 4. The van der Waals surface area contributed by atoms with Crippen molar-refractivity contribution >= 4 is 55.8 Å². The summed E-state index contributed by atoms with van der Waals surface area (Å²) in [5.74, 6) is 0. The first-order valence-corrected chi connectivity index (χ1v) is 16.0. The Labute approximate surface area is 279 Å². The van der Waals surface area contributed by atoms with Crippen LogP contribution in [0.2, 0.25) is 0 Å². The quantitative estimate of drug-likeness (QED) is 0.198. The summed E-state index contributed by atoms with van der Waals surface area (Å²) >= 11 is 0. The Bertz CT molecular complexity index is 2480. The first-order valence-electron chi connectivity index (χ1n) is 16.0. The van der Waals surface area contributed by atoms with Crippen LogP contribution in [0.5, 0.6) is 0 Å². The second kappa shape index (κ2) is 11.3. The largest absolute Gasteiger partial charge is 0.306 e. The van der Waals surface area contributed by atoms with E-state index in [1.165, 1.54) is 10.8 Å². The molecule has 0 fully saturated rings. The van der Waals surface area contributed by atoms with Gasteiger partial charge in [0.1, 0.15) is 0 Å². The molecule has 4 nitrogen and oxygen atoms in total. The highest BCUT2D eigenvalue weighted by Crippen LogP contribution is 2.55. The van der Waals surface area contributed by atoms with Crippen LogP contribution in [-0.2, 0) is 0 Å². The summed E-state index contributed by atoms with van der Waals surface area (Å²) in [5.41, 5.74) is 12.0. The Kier molecular flexibility index (Phi) is 6.48. The lowest BCUT2D eigenvalue weighted by Crippen LogP contribution is -2.24. The van der Waals surface area contributed by atoms with Gasteiger partial charge < -0.3 is 9.80 Å². The Morgan fingerprint density at radius 3 is 1.73 bits per heavy atom. The van der Waals surface area contributed by atoms with Crippen LogP contribution in [0.4, 0.5) is 34.1 Å². The zero-order valence-corrected chi connectivity index (χ0v) is 26.0. The summed E-state index contributed by atoms with van der Waals surface area (Å²) in [6, 6.07) is 61.4. The number of benzene rings is 7. The molecule has 0 amide bonds. The van der Waals surface area contributed by atoms with E-state index in [0.717, 1.165) is 67.4 Å². The van der Waals surface area contributed by atoms with Gasteiger partial charge in [0.2, 0.25) is 0 Å². The molecule has 1 aliphatic rings. The maximum Gasteiger partial charge on any atom is 0.0991 e. The number of aromatic nitrogens is 1. The van der Waals surface area contributed by atoms with Gasteiger partial charge in [-0.1, -0.05) is 109 Å². The van der Waals surface area contributed by atoms with Gasteiger partial charge in [0.25, 0.3) is 0 Å². The third-order valence-electron chi connectivity index (χ3n) is 9.19. The van der Waals surface area contributed by atoms with Crippen molar-refractivity contribution in [1.29, 1.82) is 5.26 Å². The molecule has 0 atom stereocenters. The number of nitrogens with zero attached hydrogens (tertiary/aromatic N) is 4. The van der Waals surface area contributed by atoms with Gasteiger partial charge in [-0.15, -0.1) is 0 Å². The second-order valence-corrected chi connectivity index (χ2v) is 11.9. The Balaban J connectivity index is 1.35. The molecule has 0 unspecified atom stereocenters. The van der Waals surface area contributed by atoms with Crippen molar-refractivity contribution in [1.82, 2.24) is 4.98 Å². The molecule has 2 heterocycles. The summed E-state index contributed by atoms with van der Waals surface area (Å²) in [6.45, 7) is 0. The van der Waals surface area contributed by atoms with Crippen molar-refractivity contribution in [2.24, 2.45) is 0 Å². The molecule has 0 aliphatic carbocycles. The molecule has 8 aromatic rings. The average molecular weight is 613 g/mol. The van der Waals surface area contributed by atoms with E-state index in [0.29, 0.717) is 5.56 Å². The molecule has 0 saturated heterocycles. The van der Waals surface area contributed by atoms with Crippen LogP contribution in [0.1, 0.15) is 5.56 Å². The number of hydrogen-bond donors (Lipinski definition) is 0. The van der Waals surface area contributed by atoms with Crippen LogP contribution in [-0.4, -0.2) is 4.98 Å². The van der Waals surface area contributed by atoms with Gasteiger partial charge in [-0.25, -0.2) is 4.98 Å². The lowest BCUT2D eigenvalue weighted by molar-refractivity contribution is 1.17. The molecule has 1 aromatic heterocycles. The molecule has 0 bridgehead atoms. The van der Waals surface area contributed by atoms with Crippen LogP contribution < -0.4 is 9.80 Å². The smallest absolute Gasteiger partial charge is 0.0991 e. The van der Waals surface area contributed by atoms with Crippen molar-refractivity contribution in [3.8, 4) is 28.5 Å². The number of nitriles is 1. The molecule has 1 aliphatic heterocycles. The Morgan fingerprint density at radius 1 is 0.458 bits per heavy atom. The van der Waals surface area contributed by atoms with E-state index >= 15 is 0 Å². The van der Waals surface area contributed by atoms with E-state index in [9.17, 15) is 5.26 Å². The van der Waals surface area contributed by atoms with E-state index < -0.39 is 0 Å². The second-order valence-electron chi connectivity index (χ2n) is 11.9. The zero-order valence-electron chi connectivity index (χ0n) is 26.0. The van der Waals surface area contributed by atoms with Gasteiger partial charge in [-0.2, -0.15) is 5.26 Å². The van der Waals surface area contributed by atoms with Gasteiger partial charge in [0.05, 0.1) is 51.3 Å². The molecule has 9 rings (SSSR count). The van der Waals surface area contributed by atoms with Crippen LogP contribution in [0.15, 0.2) is 170 Å². The van der Waals surface area contributed by atoms with Crippen LogP contribution in [0, 0.1) is 11.3 Å². The molecule has 48 heavy (non-hydrogen) atoms. The lowest BCUT2D eigenvalue weighted by Gasteiger charge is -2.40. The molecule has 0 saturated carbocycles. The van der Waals surface area contributed by atoms with Crippen molar-refractivity contribution in [3.63, 3.8) is 0 Å². The molecular formula is C44H28N4. The van der Waals surface area contributed by atoms with Crippen molar-refractivity contribution < 1.29 is 0 Å². The van der Waals surface area contributed by atoms with Gasteiger partial charge in [0, 0.05) is 16.6 Å². The van der Waals surface area contributed by atoms with Crippen molar-refractivity contribution in [2.75, 3.05) is 9.80 Å². The highest BCUT2D eigenvalue weighted by molar-refractivity contribution is 6.11. The average Bonchev–Trinajstić information content (AvgIpc) is 3.16. The highest BCUT2D eigenvalue weighted by Gasteiger charge is 2.31. The van der Waals surface area contributed by atoms with Crippen molar-refractivity contribution in [3.05, 3.63) is 175 Å². The summed E-state index contributed by atoms with van der Waals surface area (Å²) in [5, 5.41) is 12.9. The fourth-order valence-corrected chi connectivity index (χ4v) is 7.02.